The number of hydrogen-bond donors (Lipinski definition) is 2. The van der Waals surface area contributed by atoms with Gasteiger partial charge in [-0.2, -0.15) is 0 Å². The van der Waals surface area contributed by atoms with Crippen molar-refractivity contribution in [1.82, 2.24) is 0 Å². The fraction of sp³-hybridized carbons (Fsp3) is 0.133. The molecule has 0 aliphatic carbocycles. The van der Waals surface area contributed by atoms with Crippen LogP contribution in [-0.2, 0) is 0 Å². The summed E-state index contributed by atoms with van der Waals surface area (Å²) in [6.45, 7) is 1.92. The highest BCUT2D eigenvalue weighted by Gasteiger charge is 2.14. The molecule has 4 nitrogen and oxygen atoms in total. The molecule has 0 spiro atoms. The Labute approximate surface area is 116 Å². The Morgan fingerprint density at radius 3 is 2.75 bits per heavy atom. The largest absolute Gasteiger partial charge is 0.495 e. The minimum absolute atomic E-state index is 0.0904. The highest BCUT2D eigenvalue weighted by molar-refractivity contribution is 6.08. The molecule has 20 heavy (non-hydrogen) atoms. The van der Waals surface area contributed by atoms with Crippen LogP contribution in [0.25, 0.3) is 0 Å². The first kappa shape index (κ1) is 13.9. The fourth-order valence-corrected chi connectivity index (χ4v) is 1.83. The van der Waals surface area contributed by atoms with Gasteiger partial charge in [0.05, 0.1) is 24.0 Å². The number of nitrogens with two attached hydrogens (primary N) is 1. The SMILES string of the molecule is COc1cc(C)ccc1NC(=O)c1cccc(F)c1N. The summed E-state index contributed by atoms with van der Waals surface area (Å²) in [6.07, 6.45) is 0. The number of rotatable bonds is 3. The zero-order valence-corrected chi connectivity index (χ0v) is 11.2. The summed E-state index contributed by atoms with van der Waals surface area (Å²) in [4.78, 5) is 12.1. The predicted octanol–water partition coefficient (Wildman–Crippen LogP) is 2.98. The molecular formula is C15H15FN2O2. The molecule has 0 aliphatic heterocycles. The predicted molar refractivity (Wildman–Crippen MR) is 76.5 cm³/mol. The second-order valence-corrected chi connectivity index (χ2v) is 4.36. The number of amides is 1. The van der Waals surface area contributed by atoms with Crippen molar-refractivity contribution in [2.75, 3.05) is 18.2 Å². The van der Waals surface area contributed by atoms with E-state index in [0.29, 0.717) is 11.4 Å². The lowest BCUT2D eigenvalue weighted by molar-refractivity contribution is 0.102. The van der Waals surface area contributed by atoms with Crippen molar-refractivity contribution >= 4 is 17.3 Å². The van der Waals surface area contributed by atoms with Crippen LogP contribution in [0.1, 0.15) is 15.9 Å². The first-order valence-electron chi connectivity index (χ1n) is 6.03. The zero-order valence-electron chi connectivity index (χ0n) is 11.2. The van der Waals surface area contributed by atoms with Gasteiger partial charge in [-0.05, 0) is 36.8 Å². The van der Waals surface area contributed by atoms with Gasteiger partial charge < -0.3 is 15.8 Å². The number of aryl methyl sites for hydroxylation is 1. The van der Waals surface area contributed by atoms with E-state index in [2.05, 4.69) is 5.32 Å². The van der Waals surface area contributed by atoms with Crippen LogP contribution in [0.3, 0.4) is 0 Å². The highest BCUT2D eigenvalue weighted by atomic mass is 19.1. The number of methoxy groups -OCH3 is 1. The Morgan fingerprint density at radius 1 is 1.30 bits per heavy atom. The zero-order chi connectivity index (χ0) is 14.7. The summed E-state index contributed by atoms with van der Waals surface area (Å²) >= 11 is 0. The van der Waals surface area contributed by atoms with Crippen LogP contribution in [0.5, 0.6) is 5.75 Å². The van der Waals surface area contributed by atoms with E-state index in [1.165, 1.54) is 25.3 Å². The number of benzene rings is 2. The number of ether oxygens (including phenoxy) is 1. The van der Waals surface area contributed by atoms with Crippen LogP contribution >= 0.6 is 0 Å². The average Bonchev–Trinajstić information content (AvgIpc) is 2.43. The minimum atomic E-state index is -0.617. The van der Waals surface area contributed by atoms with E-state index in [1.807, 2.05) is 13.0 Å². The van der Waals surface area contributed by atoms with Crippen molar-refractivity contribution in [2.45, 2.75) is 6.92 Å². The Hall–Kier alpha value is -2.56. The van der Waals surface area contributed by atoms with Crippen LogP contribution in [0.15, 0.2) is 36.4 Å². The molecule has 0 fully saturated rings. The second kappa shape index (κ2) is 5.61. The molecule has 1 amide bonds. The summed E-state index contributed by atoms with van der Waals surface area (Å²) in [5.74, 6) is -0.564. The number of carbonyl (C=O) groups is 1. The Bertz CT molecular complexity index is 656. The molecule has 2 rings (SSSR count). The number of carbonyl (C=O) groups excluding carboxylic acids is 1. The smallest absolute Gasteiger partial charge is 0.257 e. The Kier molecular flexibility index (Phi) is 3.89. The number of nitrogen functional groups attached to an aromatic ring is 1. The summed E-state index contributed by atoms with van der Waals surface area (Å²) < 4.78 is 18.5. The van der Waals surface area contributed by atoms with Crippen molar-refractivity contribution in [3.05, 3.63) is 53.3 Å². The van der Waals surface area contributed by atoms with Gasteiger partial charge in [0.2, 0.25) is 0 Å². The summed E-state index contributed by atoms with van der Waals surface area (Å²) in [7, 11) is 1.51. The molecule has 3 N–H and O–H groups in total. The third-order valence-electron chi connectivity index (χ3n) is 2.90. The lowest BCUT2D eigenvalue weighted by Crippen LogP contribution is -2.15. The molecule has 2 aromatic rings. The van der Waals surface area contributed by atoms with Crippen molar-refractivity contribution in [3.63, 3.8) is 0 Å². The van der Waals surface area contributed by atoms with Gasteiger partial charge in [-0.15, -0.1) is 0 Å². The molecule has 0 atom stereocenters. The standard InChI is InChI=1S/C15H15FN2O2/c1-9-6-7-12(13(8-9)20-2)18-15(19)10-4-3-5-11(16)14(10)17/h3-8H,17H2,1-2H3,(H,18,19). The maximum atomic E-state index is 13.3. The van der Waals surface area contributed by atoms with Crippen LogP contribution in [0.4, 0.5) is 15.8 Å². The summed E-state index contributed by atoms with van der Waals surface area (Å²) in [5, 5.41) is 2.66. The third-order valence-corrected chi connectivity index (χ3v) is 2.90. The number of anilines is 2. The normalized spacial score (nSPS) is 10.2. The fourth-order valence-electron chi connectivity index (χ4n) is 1.83. The molecule has 104 valence electrons. The van der Waals surface area contributed by atoms with Gasteiger partial charge in [0.15, 0.2) is 0 Å². The minimum Gasteiger partial charge on any atom is -0.495 e. The Morgan fingerprint density at radius 2 is 2.05 bits per heavy atom. The maximum Gasteiger partial charge on any atom is 0.257 e. The molecular weight excluding hydrogens is 259 g/mol. The number of halogens is 1. The van der Waals surface area contributed by atoms with Crippen LogP contribution < -0.4 is 15.8 Å². The molecule has 0 aliphatic rings. The molecule has 0 bridgehead atoms. The molecule has 5 heteroatoms. The van der Waals surface area contributed by atoms with Gasteiger partial charge in [0, 0.05) is 0 Å². The lowest BCUT2D eigenvalue weighted by Gasteiger charge is -2.12. The van der Waals surface area contributed by atoms with Crippen LogP contribution in [0.2, 0.25) is 0 Å². The molecule has 2 aromatic carbocycles. The van der Waals surface area contributed by atoms with Gasteiger partial charge in [-0.3, -0.25) is 4.79 Å². The van der Waals surface area contributed by atoms with Crippen molar-refractivity contribution in [1.29, 1.82) is 0 Å². The molecule has 0 aromatic heterocycles. The Balaban J connectivity index is 2.30. The molecule has 0 saturated carbocycles. The van der Waals surface area contributed by atoms with E-state index < -0.39 is 11.7 Å². The van der Waals surface area contributed by atoms with E-state index in [9.17, 15) is 9.18 Å². The molecule has 0 unspecified atom stereocenters. The number of nitrogens with one attached hydrogen (secondary N) is 1. The molecule has 0 radical (unpaired) electrons. The van der Waals surface area contributed by atoms with E-state index in [-0.39, 0.29) is 11.3 Å². The van der Waals surface area contributed by atoms with Gasteiger partial charge in [-0.25, -0.2) is 4.39 Å². The number of para-hydroxylation sites is 1. The average molecular weight is 274 g/mol. The molecule has 0 saturated heterocycles. The van der Waals surface area contributed by atoms with E-state index in [4.69, 9.17) is 10.5 Å². The van der Waals surface area contributed by atoms with E-state index in [0.717, 1.165) is 5.56 Å². The van der Waals surface area contributed by atoms with E-state index >= 15 is 0 Å². The molecule has 0 heterocycles. The topological polar surface area (TPSA) is 64.3 Å². The lowest BCUT2D eigenvalue weighted by atomic mass is 10.1. The first-order valence-corrected chi connectivity index (χ1v) is 6.03. The van der Waals surface area contributed by atoms with Crippen molar-refractivity contribution in [3.8, 4) is 5.75 Å². The van der Waals surface area contributed by atoms with Gasteiger partial charge in [0.25, 0.3) is 5.91 Å². The number of hydrogen-bond acceptors (Lipinski definition) is 3. The summed E-state index contributed by atoms with van der Waals surface area (Å²) in [6, 6.07) is 9.47. The van der Waals surface area contributed by atoms with Crippen LogP contribution in [-0.4, -0.2) is 13.0 Å². The van der Waals surface area contributed by atoms with Crippen LogP contribution in [0, 0.1) is 12.7 Å². The van der Waals surface area contributed by atoms with Gasteiger partial charge in [-0.1, -0.05) is 12.1 Å². The quantitative estimate of drug-likeness (QED) is 0.846. The maximum absolute atomic E-state index is 13.3. The van der Waals surface area contributed by atoms with Gasteiger partial charge in [0.1, 0.15) is 11.6 Å². The summed E-state index contributed by atoms with van der Waals surface area (Å²) in [5.41, 5.74) is 7.00. The van der Waals surface area contributed by atoms with Crippen molar-refractivity contribution in [2.24, 2.45) is 0 Å². The van der Waals surface area contributed by atoms with Gasteiger partial charge >= 0.3 is 0 Å². The van der Waals surface area contributed by atoms with Crippen molar-refractivity contribution < 1.29 is 13.9 Å². The van der Waals surface area contributed by atoms with E-state index in [1.54, 1.807) is 12.1 Å². The second-order valence-electron chi connectivity index (χ2n) is 4.36. The third kappa shape index (κ3) is 2.71. The highest BCUT2D eigenvalue weighted by Crippen LogP contribution is 2.26. The monoisotopic (exact) mass is 274 g/mol. The first-order chi connectivity index (χ1) is 9.52.